The fourth-order valence-electron chi connectivity index (χ4n) is 1.15. The van der Waals surface area contributed by atoms with E-state index in [2.05, 4.69) is 4.98 Å². The monoisotopic (exact) mass is 239 g/mol. The summed E-state index contributed by atoms with van der Waals surface area (Å²) in [6.45, 7) is 7.51. The zero-order valence-electron chi connectivity index (χ0n) is 10.1. The zero-order chi connectivity index (χ0) is 12.2. The molecule has 0 radical (unpaired) electrons. The van der Waals surface area contributed by atoms with Crippen LogP contribution >= 0.6 is 11.3 Å². The number of hydrogen-bond donors (Lipinski definition) is 0. The second-order valence-electron chi connectivity index (χ2n) is 4.43. The Bertz CT molecular complexity index is 388. The van der Waals surface area contributed by atoms with Crippen LogP contribution in [-0.2, 0) is 16.0 Å². The second kappa shape index (κ2) is 5.25. The lowest BCUT2D eigenvalue weighted by molar-refractivity contribution is -0.153. The summed E-state index contributed by atoms with van der Waals surface area (Å²) in [6, 6.07) is 0. The molecule has 4 heteroatoms. The van der Waals surface area contributed by atoms with Crippen molar-refractivity contribution in [1.29, 1.82) is 0 Å². The third-order valence-corrected chi connectivity index (χ3v) is 2.49. The Morgan fingerprint density at radius 2 is 2.25 bits per heavy atom. The van der Waals surface area contributed by atoms with Crippen LogP contribution in [0, 0.1) is 0 Å². The predicted octanol–water partition coefficient (Wildman–Crippen LogP) is 3.06. The number of thiazole rings is 1. The molecule has 16 heavy (non-hydrogen) atoms. The molecule has 0 saturated carbocycles. The smallest absolute Gasteiger partial charge is 0.313 e. The Morgan fingerprint density at radius 3 is 2.81 bits per heavy atom. The van der Waals surface area contributed by atoms with Crippen molar-refractivity contribution in [2.24, 2.45) is 0 Å². The summed E-state index contributed by atoms with van der Waals surface area (Å²) in [5, 5.41) is 2.72. The number of rotatable bonds is 3. The molecule has 0 fully saturated rings. The summed E-state index contributed by atoms with van der Waals surface area (Å²) >= 11 is 1.48. The molecular formula is C12H17NO2S. The van der Waals surface area contributed by atoms with E-state index in [1.54, 1.807) is 0 Å². The Balaban J connectivity index is 2.56. The van der Waals surface area contributed by atoms with Crippen molar-refractivity contribution < 1.29 is 9.53 Å². The van der Waals surface area contributed by atoms with E-state index in [4.69, 9.17) is 4.74 Å². The van der Waals surface area contributed by atoms with E-state index >= 15 is 0 Å². The first-order valence-electron chi connectivity index (χ1n) is 5.19. The molecule has 0 aliphatic carbocycles. The Labute approximate surface area is 100 Å². The van der Waals surface area contributed by atoms with Crippen molar-refractivity contribution >= 4 is 23.4 Å². The molecule has 0 aromatic carbocycles. The molecular weight excluding hydrogens is 222 g/mol. The van der Waals surface area contributed by atoms with Crippen molar-refractivity contribution in [3.05, 3.63) is 22.2 Å². The number of carbonyl (C=O) groups is 1. The highest BCUT2D eigenvalue weighted by atomic mass is 32.1. The number of allylic oxidation sites excluding steroid dienone is 1. The van der Waals surface area contributed by atoms with Crippen LogP contribution in [0.15, 0.2) is 11.5 Å². The highest BCUT2D eigenvalue weighted by Crippen LogP contribution is 2.14. The van der Waals surface area contributed by atoms with Gasteiger partial charge in [0.05, 0.1) is 12.1 Å². The average molecular weight is 239 g/mol. The van der Waals surface area contributed by atoms with Crippen molar-refractivity contribution in [3.8, 4) is 0 Å². The fraction of sp³-hybridized carbons (Fsp3) is 0.500. The summed E-state index contributed by atoms with van der Waals surface area (Å²) in [5.74, 6) is -0.228. The minimum Gasteiger partial charge on any atom is -0.460 e. The van der Waals surface area contributed by atoms with Gasteiger partial charge in [0.25, 0.3) is 0 Å². The topological polar surface area (TPSA) is 39.2 Å². The van der Waals surface area contributed by atoms with Crippen LogP contribution in [0.2, 0.25) is 0 Å². The molecule has 1 rings (SSSR count). The van der Waals surface area contributed by atoms with E-state index in [0.29, 0.717) is 0 Å². The molecule has 0 bridgehead atoms. The van der Waals surface area contributed by atoms with Crippen molar-refractivity contribution in [3.63, 3.8) is 0 Å². The number of aromatic nitrogens is 1. The lowest BCUT2D eigenvalue weighted by Crippen LogP contribution is -2.24. The summed E-state index contributed by atoms with van der Waals surface area (Å²) in [4.78, 5) is 15.8. The van der Waals surface area contributed by atoms with E-state index in [0.717, 1.165) is 10.7 Å². The zero-order valence-corrected chi connectivity index (χ0v) is 10.9. The molecule has 1 heterocycles. The van der Waals surface area contributed by atoms with E-state index in [9.17, 15) is 4.79 Å². The van der Waals surface area contributed by atoms with Crippen LogP contribution < -0.4 is 0 Å². The van der Waals surface area contributed by atoms with Gasteiger partial charge in [-0.15, -0.1) is 11.3 Å². The van der Waals surface area contributed by atoms with Gasteiger partial charge in [-0.05, 0) is 33.8 Å². The maximum absolute atomic E-state index is 11.5. The SMILES string of the molecule is C/C=C/c1csc(CC(=O)OC(C)(C)C)n1. The molecule has 0 N–H and O–H groups in total. The van der Waals surface area contributed by atoms with Gasteiger partial charge in [0, 0.05) is 5.38 Å². The highest BCUT2D eigenvalue weighted by Gasteiger charge is 2.17. The number of hydrogen-bond acceptors (Lipinski definition) is 4. The van der Waals surface area contributed by atoms with E-state index in [1.165, 1.54) is 11.3 Å². The Kier molecular flexibility index (Phi) is 4.24. The molecule has 88 valence electrons. The standard InChI is InChI=1S/C12H17NO2S/c1-5-6-9-8-16-10(13-9)7-11(14)15-12(2,3)4/h5-6,8H,7H2,1-4H3/b6-5+. The summed E-state index contributed by atoms with van der Waals surface area (Å²) in [6.07, 6.45) is 4.08. The number of nitrogens with zero attached hydrogens (tertiary/aromatic N) is 1. The van der Waals surface area contributed by atoms with Gasteiger partial charge >= 0.3 is 5.97 Å². The van der Waals surface area contributed by atoms with Crippen molar-refractivity contribution in [2.75, 3.05) is 0 Å². The Morgan fingerprint density at radius 1 is 1.56 bits per heavy atom. The third-order valence-electron chi connectivity index (χ3n) is 1.62. The van der Waals surface area contributed by atoms with Gasteiger partial charge < -0.3 is 4.74 Å². The molecule has 0 saturated heterocycles. The minimum absolute atomic E-state index is 0.228. The fourth-order valence-corrected chi connectivity index (χ4v) is 1.90. The third kappa shape index (κ3) is 4.57. The molecule has 1 aromatic heterocycles. The van der Waals surface area contributed by atoms with Crippen LogP contribution in [0.4, 0.5) is 0 Å². The van der Waals surface area contributed by atoms with Gasteiger partial charge in [-0.1, -0.05) is 6.08 Å². The van der Waals surface area contributed by atoms with Crippen molar-refractivity contribution in [2.45, 2.75) is 39.7 Å². The Hall–Kier alpha value is -1.16. The minimum atomic E-state index is -0.430. The highest BCUT2D eigenvalue weighted by molar-refractivity contribution is 7.09. The largest absolute Gasteiger partial charge is 0.460 e. The number of carbonyl (C=O) groups excluding carboxylic acids is 1. The molecule has 0 aliphatic rings. The second-order valence-corrected chi connectivity index (χ2v) is 5.37. The van der Waals surface area contributed by atoms with Gasteiger partial charge in [0.15, 0.2) is 0 Å². The average Bonchev–Trinajstić information content (AvgIpc) is 2.49. The quantitative estimate of drug-likeness (QED) is 0.761. The van der Waals surface area contributed by atoms with Crippen LogP contribution in [-0.4, -0.2) is 16.6 Å². The van der Waals surface area contributed by atoms with Crippen LogP contribution in [0.25, 0.3) is 6.08 Å². The molecule has 1 aromatic rings. The lowest BCUT2D eigenvalue weighted by Gasteiger charge is -2.18. The lowest BCUT2D eigenvalue weighted by atomic mass is 10.2. The van der Waals surface area contributed by atoms with Crippen LogP contribution in [0.1, 0.15) is 38.4 Å². The summed E-state index contributed by atoms with van der Waals surface area (Å²) in [7, 11) is 0. The molecule has 0 atom stereocenters. The number of esters is 1. The molecule has 0 amide bonds. The van der Waals surface area contributed by atoms with E-state index in [1.807, 2.05) is 45.2 Å². The summed E-state index contributed by atoms with van der Waals surface area (Å²) in [5.41, 5.74) is 0.464. The van der Waals surface area contributed by atoms with Gasteiger partial charge in [-0.2, -0.15) is 0 Å². The van der Waals surface area contributed by atoms with Crippen LogP contribution in [0.3, 0.4) is 0 Å². The molecule has 0 unspecified atom stereocenters. The first-order chi connectivity index (χ1) is 7.40. The maximum atomic E-state index is 11.5. The molecule has 3 nitrogen and oxygen atoms in total. The predicted molar refractivity (Wildman–Crippen MR) is 66.4 cm³/mol. The van der Waals surface area contributed by atoms with Crippen LogP contribution in [0.5, 0.6) is 0 Å². The number of ether oxygens (including phenoxy) is 1. The first kappa shape index (κ1) is 12.9. The van der Waals surface area contributed by atoms with E-state index < -0.39 is 5.60 Å². The maximum Gasteiger partial charge on any atom is 0.313 e. The molecule has 0 aliphatic heterocycles. The summed E-state index contributed by atoms with van der Waals surface area (Å²) < 4.78 is 5.22. The normalized spacial score (nSPS) is 12.0. The van der Waals surface area contributed by atoms with Gasteiger partial charge in [0.2, 0.25) is 0 Å². The van der Waals surface area contributed by atoms with Gasteiger partial charge in [-0.3, -0.25) is 4.79 Å². The van der Waals surface area contributed by atoms with Gasteiger partial charge in [-0.25, -0.2) is 4.98 Å². The first-order valence-corrected chi connectivity index (χ1v) is 6.07. The van der Waals surface area contributed by atoms with E-state index in [-0.39, 0.29) is 12.4 Å². The van der Waals surface area contributed by atoms with Gasteiger partial charge in [0.1, 0.15) is 10.6 Å². The van der Waals surface area contributed by atoms with Crippen molar-refractivity contribution in [1.82, 2.24) is 4.98 Å². The molecule has 0 spiro atoms.